The first-order chi connectivity index (χ1) is 13.0. The summed E-state index contributed by atoms with van der Waals surface area (Å²) in [6, 6.07) is 14.8. The van der Waals surface area contributed by atoms with Crippen LogP contribution in [0.3, 0.4) is 0 Å². The highest BCUT2D eigenvalue weighted by Gasteiger charge is 2.19. The molecule has 138 valence electrons. The Labute approximate surface area is 157 Å². The van der Waals surface area contributed by atoms with Crippen LogP contribution in [-0.4, -0.2) is 29.8 Å². The van der Waals surface area contributed by atoms with E-state index in [1.807, 2.05) is 49.4 Å². The number of carbonyl (C=O) groups is 1. The van der Waals surface area contributed by atoms with E-state index < -0.39 is 5.91 Å². The Balaban J connectivity index is 2.20. The van der Waals surface area contributed by atoms with Gasteiger partial charge in [0.05, 0.1) is 11.4 Å². The number of aromatic nitrogens is 2. The van der Waals surface area contributed by atoms with E-state index in [9.17, 15) is 4.79 Å². The molecule has 0 radical (unpaired) electrons. The third-order valence-electron chi connectivity index (χ3n) is 4.02. The number of methoxy groups -OCH3 is 1. The summed E-state index contributed by atoms with van der Waals surface area (Å²) < 4.78 is 10.4. The maximum absolute atomic E-state index is 11.9. The number of hydrogen-bond acceptors (Lipinski definition) is 6. The van der Waals surface area contributed by atoms with Gasteiger partial charge in [-0.3, -0.25) is 4.79 Å². The van der Waals surface area contributed by atoms with Crippen molar-refractivity contribution in [3.63, 3.8) is 0 Å². The molecule has 0 unspecified atom stereocenters. The third-order valence-corrected chi connectivity index (χ3v) is 4.02. The van der Waals surface area contributed by atoms with Crippen molar-refractivity contribution in [2.24, 2.45) is 5.73 Å². The SMILES string of the molecule is COCOc1ccc(C)c(-c2nc(-c3ccccc3)nc(C(N)=O)c2N)c1. The lowest BCUT2D eigenvalue weighted by atomic mass is 10.0. The van der Waals surface area contributed by atoms with Crippen LogP contribution in [0.15, 0.2) is 48.5 Å². The smallest absolute Gasteiger partial charge is 0.269 e. The van der Waals surface area contributed by atoms with Gasteiger partial charge < -0.3 is 20.9 Å². The normalized spacial score (nSPS) is 10.6. The van der Waals surface area contributed by atoms with Gasteiger partial charge in [0.2, 0.25) is 0 Å². The fourth-order valence-electron chi connectivity index (χ4n) is 2.65. The van der Waals surface area contributed by atoms with Crippen molar-refractivity contribution in [2.75, 3.05) is 19.6 Å². The van der Waals surface area contributed by atoms with Crippen LogP contribution in [0.1, 0.15) is 16.1 Å². The second-order valence-electron chi connectivity index (χ2n) is 5.92. The van der Waals surface area contributed by atoms with Crippen molar-refractivity contribution in [3.8, 4) is 28.4 Å². The molecule has 0 bridgehead atoms. The fraction of sp³-hybridized carbons (Fsp3) is 0.150. The Bertz CT molecular complexity index is 974. The first kappa shape index (κ1) is 18.3. The zero-order valence-electron chi connectivity index (χ0n) is 15.1. The lowest BCUT2D eigenvalue weighted by molar-refractivity contribution is 0.0511. The van der Waals surface area contributed by atoms with Gasteiger partial charge in [-0.2, -0.15) is 0 Å². The van der Waals surface area contributed by atoms with Crippen molar-refractivity contribution in [1.82, 2.24) is 9.97 Å². The van der Waals surface area contributed by atoms with Gasteiger partial charge in [-0.1, -0.05) is 36.4 Å². The van der Waals surface area contributed by atoms with Gasteiger partial charge in [0.25, 0.3) is 5.91 Å². The van der Waals surface area contributed by atoms with E-state index in [4.69, 9.17) is 20.9 Å². The van der Waals surface area contributed by atoms with Crippen LogP contribution in [-0.2, 0) is 4.74 Å². The van der Waals surface area contributed by atoms with Crippen LogP contribution in [0.25, 0.3) is 22.6 Å². The van der Waals surface area contributed by atoms with Crippen LogP contribution in [0.4, 0.5) is 5.69 Å². The topological polar surface area (TPSA) is 113 Å². The molecule has 27 heavy (non-hydrogen) atoms. The van der Waals surface area contributed by atoms with Crippen LogP contribution >= 0.6 is 0 Å². The number of amides is 1. The second-order valence-corrected chi connectivity index (χ2v) is 5.92. The van der Waals surface area contributed by atoms with Gasteiger partial charge >= 0.3 is 0 Å². The lowest BCUT2D eigenvalue weighted by Gasteiger charge is -2.14. The van der Waals surface area contributed by atoms with Gasteiger partial charge in [-0.05, 0) is 24.6 Å². The van der Waals surface area contributed by atoms with Crippen molar-refractivity contribution in [1.29, 1.82) is 0 Å². The zero-order chi connectivity index (χ0) is 19.4. The highest BCUT2D eigenvalue weighted by Crippen LogP contribution is 2.33. The third kappa shape index (κ3) is 3.88. The number of aryl methyl sites for hydroxylation is 1. The lowest BCUT2D eigenvalue weighted by Crippen LogP contribution is -2.18. The van der Waals surface area contributed by atoms with E-state index in [1.165, 1.54) is 0 Å². The number of primary amides is 1. The highest BCUT2D eigenvalue weighted by molar-refractivity contribution is 5.99. The molecule has 0 spiro atoms. The number of rotatable bonds is 6. The predicted molar refractivity (Wildman–Crippen MR) is 103 cm³/mol. The van der Waals surface area contributed by atoms with E-state index in [-0.39, 0.29) is 18.2 Å². The molecule has 7 heteroatoms. The summed E-state index contributed by atoms with van der Waals surface area (Å²) in [7, 11) is 1.54. The van der Waals surface area contributed by atoms with Crippen LogP contribution in [0.2, 0.25) is 0 Å². The molecule has 0 atom stereocenters. The number of hydrogen-bond donors (Lipinski definition) is 2. The summed E-state index contributed by atoms with van der Waals surface area (Å²) in [4.78, 5) is 20.8. The summed E-state index contributed by atoms with van der Waals surface area (Å²) in [6.07, 6.45) is 0. The van der Waals surface area contributed by atoms with E-state index in [1.54, 1.807) is 13.2 Å². The maximum atomic E-state index is 11.9. The number of carbonyl (C=O) groups excluding carboxylic acids is 1. The van der Waals surface area contributed by atoms with Crippen molar-refractivity contribution < 1.29 is 14.3 Å². The van der Waals surface area contributed by atoms with Crippen molar-refractivity contribution >= 4 is 11.6 Å². The number of benzene rings is 2. The molecule has 0 aliphatic heterocycles. The van der Waals surface area contributed by atoms with Crippen LogP contribution in [0, 0.1) is 6.92 Å². The largest absolute Gasteiger partial charge is 0.468 e. The van der Waals surface area contributed by atoms with E-state index in [0.717, 1.165) is 16.7 Å². The molecule has 0 fully saturated rings. The van der Waals surface area contributed by atoms with Gasteiger partial charge in [0.15, 0.2) is 18.3 Å². The number of nitrogens with two attached hydrogens (primary N) is 2. The summed E-state index contributed by atoms with van der Waals surface area (Å²) in [6.45, 7) is 2.03. The van der Waals surface area contributed by atoms with Crippen LogP contribution < -0.4 is 16.2 Å². The molecule has 3 rings (SSSR count). The van der Waals surface area contributed by atoms with Crippen molar-refractivity contribution in [3.05, 3.63) is 59.8 Å². The van der Waals surface area contributed by atoms with Gasteiger partial charge in [-0.15, -0.1) is 0 Å². The van der Waals surface area contributed by atoms with Gasteiger partial charge in [-0.25, -0.2) is 9.97 Å². The predicted octanol–water partition coefficient (Wildman–Crippen LogP) is 2.78. The molecule has 4 N–H and O–H groups in total. The Morgan fingerprint density at radius 3 is 2.52 bits per heavy atom. The molecular weight excluding hydrogens is 344 g/mol. The Hall–Kier alpha value is -3.45. The molecule has 7 nitrogen and oxygen atoms in total. The number of ether oxygens (including phenoxy) is 2. The molecule has 0 aliphatic carbocycles. The average Bonchev–Trinajstić information content (AvgIpc) is 2.68. The van der Waals surface area contributed by atoms with E-state index >= 15 is 0 Å². The number of nitrogens with zero attached hydrogens (tertiary/aromatic N) is 2. The molecule has 0 saturated carbocycles. The maximum Gasteiger partial charge on any atom is 0.269 e. The van der Waals surface area contributed by atoms with Gasteiger partial charge in [0, 0.05) is 18.2 Å². The minimum atomic E-state index is -0.710. The minimum Gasteiger partial charge on any atom is -0.468 e. The first-order valence-electron chi connectivity index (χ1n) is 8.26. The zero-order valence-corrected chi connectivity index (χ0v) is 15.1. The number of nitrogen functional groups attached to an aromatic ring is 1. The van der Waals surface area contributed by atoms with Crippen molar-refractivity contribution in [2.45, 2.75) is 6.92 Å². The second kappa shape index (κ2) is 7.84. The molecule has 2 aromatic carbocycles. The molecule has 1 aromatic heterocycles. The molecule has 0 aliphatic rings. The Morgan fingerprint density at radius 1 is 1.11 bits per heavy atom. The summed E-state index contributed by atoms with van der Waals surface area (Å²) >= 11 is 0. The molecule has 1 heterocycles. The fourth-order valence-corrected chi connectivity index (χ4v) is 2.65. The van der Waals surface area contributed by atoms with E-state index in [2.05, 4.69) is 9.97 Å². The van der Waals surface area contributed by atoms with E-state index in [0.29, 0.717) is 17.3 Å². The molecule has 1 amide bonds. The van der Waals surface area contributed by atoms with Gasteiger partial charge in [0.1, 0.15) is 5.75 Å². The minimum absolute atomic E-state index is 0.0125. The summed E-state index contributed by atoms with van der Waals surface area (Å²) in [5.41, 5.74) is 14.6. The molecule has 3 aromatic rings. The monoisotopic (exact) mass is 364 g/mol. The average molecular weight is 364 g/mol. The van der Waals surface area contributed by atoms with Crippen LogP contribution in [0.5, 0.6) is 5.75 Å². The standard InChI is InChI=1S/C20H20N4O3/c1-12-8-9-14(27-11-26-2)10-15(12)17-16(21)18(19(22)25)24-20(23-17)13-6-4-3-5-7-13/h3-10H,11,21H2,1-2H3,(H2,22,25). The Morgan fingerprint density at radius 2 is 1.85 bits per heavy atom. The highest BCUT2D eigenvalue weighted by atomic mass is 16.7. The quantitative estimate of drug-likeness (QED) is 0.650. The first-order valence-corrected chi connectivity index (χ1v) is 8.26. The number of anilines is 1. The molecular formula is C20H20N4O3. The summed E-state index contributed by atoms with van der Waals surface area (Å²) in [5, 5.41) is 0. The Kier molecular flexibility index (Phi) is 5.33. The molecule has 0 saturated heterocycles. The summed E-state index contributed by atoms with van der Waals surface area (Å²) in [5.74, 6) is 0.256.